The molecule has 0 spiro atoms. The van der Waals surface area contributed by atoms with Gasteiger partial charge in [-0.05, 0) is 18.9 Å². The van der Waals surface area contributed by atoms with Gasteiger partial charge in [0.2, 0.25) is 0 Å². The van der Waals surface area contributed by atoms with Crippen LogP contribution in [0.2, 0.25) is 0 Å². The average molecular weight is 343 g/mol. The van der Waals surface area contributed by atoms with Crippen molar-refractivity contribution in [3.8, 4) is 0 Å². The Bertz CT molecular complexity index is 597. The fourth-order valence-electron chi connectivity index (χ4n) is 1.78. The second-order valence-corrected chi connectivity index (χ2v) is 5.62. The first-order valence-electron chi connectivity index (χ1n) is 5.80. The molecule has 1 saturated carbocycles. The minimum Gasteiger partial charge on any atom is -0.460 e. The largest absolute Gasteiger partial charge is 0.460 e. The van der Waals surface area contributed by atoms with Gasteiger partial charge in [-0.2, -0.15) is 0 Å². The first-order chi connectivity index (χ1) is 9.77. The maximum Gasteiger partial charge on any atom is 0.316 e. The Morgan fingerprint density at radius 3 is 2.14 bits per heavy atom. The van der Waals surface area contributed by atoms with Crippen LogP contribution in [0, 0.1) is 28.7 Å². The summed E-state index contributed by atoms with van der Waals surface area (Å²) in [7, 11) is 0. The number of esters is 1. The van der Waals surface area contributed by atoms with Crippen molar-refractivity contribution in [1.29, 1.82) is 0 Å². The molecule has 1 aromatic carbocycles. The molecule has 2 nitrogen and oxygen atoms in total. The molecular weight excluding hydrogens is 335 g/mol. The van der Waals surface area contributed by atoms with Gasteiger partial charge in [-0.15, -0.1) is 0 Å². The molecule has 0 unspecified atom stereocenters. The highest BCUT2D eigenvalue weighted by molar-refractivity contribution is 6.56. The molecule has 2 rings (SSSR count). The average Bonchev–Trinajstić information content (AvgIpc) is 3.16. The van der Waals surface area contributed by atoms with E-state index in [1.807, 2.05) is 0 Å². The number of hydrogen-bond donors (Lipinski definition) is 0. The Balaban J connectivity index is 2.15. The van der Waals surface area contributed by atoms with Crippen LogP contribution in [0.1, 0.15) is 18.4 Å². The fourth-order valence-corrected chi connectivity index (χ4v) is 2.20. The summed E-state index contributed by atoms with van der Waals surface area (Å²) < 4.78 is 57.3. The van der Waals surface area contributed by atoms with Crippen LogP contribution in [-0.4, -0.2) is 5.97 Å². The molecule has 114 valence electrons. The van der Waals surface area contributed by atoms with Gasteiger partial charge in [0.05, 0.1) is 11.0 Å². The highest BCUT2D eigenvalue weighted by Gasteiger charge is 2.50. The Kier molecular flexibility index (Phi) is 4.49. The van der Waals surface area contributed by atoms with Gasteiger partial charge >= 0.3 is 5.97 Å². The van der Waals surface area contributed by atoms with E-state index in [4.69, 9.17) is 27.9 Å². The van der Waals surface area contributed by atoms with Gasteiger partial charge in [-0.1, -0.05) is 23.2 Å². The van der Waals surface area contributed by atoms with Gasteiger partial charge in [-0.25, -0.2) is 17.6 Å². The summed E-state index contributed by atoms with van der Waals surface area (Å²) in [6, 6.07) is 0.0778. The van der Waals surface area contributed by atoms with E-state index in [2.05, 4.69) is 0 Å². The molecule has 1 aromatic rings. The van der Waals surface area contributed by atoms with Gasteiger partial charge in [0.15, 0.2) is 23.3 Å². The van der Waals surface area contributed by atoms with Gasteiger partial charge in [-0.3, -0.25) is 4.79 Å². The maximum atomic E-state index is 13.4. The zero-order chi connectivity index (χ0) is 15.8. The van der Waals surface area contributed by atoms with Crippen molar-refractivity contribution >= 4 is 29.2 Å². The van der Waals surface area contributed by atoms with Crippen molar-refractivity contribution in [2.75, 3.05) is 0 Å². The topological polar surface area (TPSA) is 26.3 Å². The summed E-state index contributed by atoms with van der Waals surface area (Å²) in [5, 5.41) is 0. The summed E-state index contributed by atoms with van der Waals surface area (Å²) in [5.41, 5.74) is -2.02. The first kappa shape index (κ1) is 16.1. The highest BCUT2D eigenvalue weighted by Crippen LogP contribution is 2.49. The lowest BCUT2D eigenvalue weighted by Crippen LogP contribution is -2.18. The SMILES string of the molecule is O=C(OCc1c(F)c(F)cc(F)c1F)C1(C=C(Cl)Cl)CC1. The van der Waals surface area contributed by atoms with E-state index in [9.17, 15) is 22.4 Å². The van der Waals surface area contributed by atoms with Crippen molar-refractivity contribution in [2.24, 2.45) is 5.41 Å². The molecule has 0 radical (unpaired) electrons. The predicted molar refractivity (Wildman–Crippen MR) is 67.5 cm³/mol. The third-order valence-corrected chi connectivity index (χ3v) is 3.35. The third kappa shape index (κ3) is 3.32. The highest BCUT2D eigenvalue weighted by atomic mass is 35.5. The minimum atomic E-state index is -1.60. The third-order valence-electron chi connectivity index (χ3n) is 3.13. The Hall–Kier alpha value is -1.27. The van der Waals surface area contributed by atoms with Gasteiger partial charge in [0, 0.05) is 6.07 Å². The smallest absolute Gasteiger partial charge is 0.316 e. The van der Waals surface area contributed by atoms with Crippen molar-refractivity contribution in [2.45, 2.75) is 19.4 Å². The number of hydrogen-bond acceptors (Lipinski definition) is 2. The quantitative estimate of drug-likeness (QED) is 0.461. The zero-order valence-corrected chi connectivity index (χ0v) is 11.9. The van der Waals surface area contributed by atoms with E-state index in [1.54, 1.807) is 0 Å². The Morgan fingerprint density at radius 2 is 1.71 bits per heavy atom. The fraction of sp³-hybridized carbons (Fsp3) is 0.308. The molecule has 0 saturated heterocycles. The number of carbonyl (C=O) groups excluding carboxylic acids is 1. The summed E-state index contributed by atoms with van der Waals surface area (Å²) in [4.78, 5) is 11.8. The minimum absolute atomic E-state index is 0.0778. The van der Waals surface area contributed by atoms with Crippen LogP contribution >= 0.6 is 23.2 Å². The number of halogens is 6. The lowest BCUT2D eigenvalue weighted by atomic mass is 10.1. The Labute approximate surface area is 127 Å². The molecule has 0 amide bonds. The van der Waals surface area contributed by atoms with Gasteiger partial charge < -0.3 is 4.74 Å². The summed E-state index contributed by atoms with van der Waals surface area (Å²) in [5.74, 6) is -7.14. The molecule has 1 aliphatic carbocycles. The van der Waals surface area contributed by atoms with Crippen molar-refractivity contribution < 1.29 is 27.1 Å². The summed E-state index contributed by atoms with van der Waals surface area (Å²) in [6.45, 7) is -0.930. The van der Waals surface area contributed by atoms with Crippen LogP contribution in [0.4, 0.5) is 17.6 Å². The number of carbonyl (C=O) groups is 1. The molecule has 8 heteroatoms. The lowest BCUT2D eigenvalue weighted by Gasteiger charge is -2.12. The molecule has 0 atom stereocenters. The number of rotatable bonds is 4. The van der Waals surface area contributed by atoms with Crippen molar-refractivity contribution in [1.82, 2.24) is 0 Å². The molecule has 0 aliphatic heterocycles. The maximum absolute atomic E-state index is 13.4. The van der Waals surface area contributed by atoms with Crippen LogP contribution in [-0.2, 0) is 16.1 Å². The molecular formula is C13H8Cl2F4O2. The molecule has 0 bridgehead atoms. The second-order valence-electron chi connectivity index (χ2n) is 4.61. The normalized spacial score (nSPS) is 15.5. The lowest BCUT2D eigenvalue weighted by molar-refractivity contribution is -0.149. The number of ether oxygens (including phenoxy) is 1. The van der Waals surface area contributed by atoms with E-state index in [-0.39, 0.29) is 10.6 Å². The van der Waals surface area contributed by atoms with Crippen molar-refractivity contribution in [3.63, 3.8) is 0 Å². The van der Waals surface area contributed by atoms with Crippen LogP contribution in [0.5, 0.6) is 0 Å². The van der Waals surface area contributed by atoms with Crippen LogP contribution in [0.3, 0.4) is 0 Å². The van der Waals surface area contributed by atoms with Crippen molar-refractivity contribution in [3.05, 3.63) is 45.5 Å². The molecule has 0 aromatic heterocycles. The monoisotopic (exact) mass is 342 g/mol. The summed E-state index contributed by atoms with van der Waals surface area (Å²) >= 11 is 10.9. The Morgan fingerprint density at radius 1 is 1.19 bits per heavy atom. The molecule has 21 heavy (non-hydrogen) atoms. The molecule has 1 aliphatic rings. The standard InChI is InChI=1S/C13H8Cl2F4O2/c14-9(15)4-13(1-2-13)12(20)21-5-6-10(18)7(16)3-8(17)11(6)19/h3-4H,1-2,5H2. The van der Waals surface area contributed by atoms with E-state index >= 15 is 0 Å². The molecule has 1 fully saturated rings. The zero-order valence-electron chi connectivity index (χ0n) is 10.4. The predicted octanol–water partition coefficient (Wildman–Crippen LogP) is 4.39. The number of benzene rings is 1. The van der Waals surface area contributed by atoms with E-state index < -0.39 is 46.8 Å². The second kappa shape index (κ2) is 5.85. The van der Waals surface area contributed by atoms with E-state index in [0.29, 0.717) is 12.8 Å². The van der Waals surface area contributed by atoms with Gasteiger partial charge in [0.1, 0.15) is 11.1 Å². The first-order valence-corrected chi connectivity index (χ1v) is 6.55. The van der Waals surface area contributed by atoms with Crippen LogP contribution < -0.4 is 0 Å². The van der Waals surface area contributed by atoms with Crippen LogP contribution in [0.15, 0.2) is 16.6 Å². The molecule has 0 N–H and O–H groups in total. The van der Waals surface area contributed by atoms with E-state index in [0.717, 1.165) is 0 Å². The van der Waals surface area contributed by atoms with E-state index in [1.165, 1.54) is 6.08 Å². The van der Waals surface area contributed by atoms with Crippen LogP contribution in [0.25, 0.3) is 0 Å². The summed E-state index contributed by atoms with van der Waals surface area (Å²) in [6.07, 6.45) is 2.09. The van der Waals surface area contributed by atoms with Gasteiger partial charge in [0.25, 0.3) is 0 Å². The molecule has 0 heterocycles.